The van der Waals surface area contributed by atoms with Crippen molar-refractivity contribution in [3.05, 3.63) is 29.3 Å². The molecule has 1 aromatic rings. The van der Waals surface area contributed by atoms with Crippen molar-refractivity contribution >= 4 is 5.91 Å². The topological polar surface area (TPSA) is 50.4 Å². The number of hydrogen-bond acceptors (Lipinski definition) is 3. The van der Waals surface area contributed by atoms with Gasteiger partial charge >= 0.3 is 0 Å². The van der Waals surface area contributed by atoms with Crippen LogP contribution in [0.1, 0.15) is 44.9 Å². The average Bonchev–Trinajstić information content (AvgIpc) is 2.39. The van der Waals surface area contributed by atoms with Crippen LogP contribution >= 0.6 is 0 Å². The van der Waals surface area contributed by atoms with Crippen molar-refractivity contribution in [2.45, 2.75) is 46.8 Å². The standard InChI is InChI=1S/C16H26N2O2/c1-6-17-12(4)14-9-8-11(3)10-15(14)20-13(5)16(19)18-7-2/h8-10,12-13,17H,6-7H2,1-5H3,(H,18,19). The van der Waals surface area contributed by atoms with Crippen molar-refractivity contribution < 1.29 is 9.53 Å². The summed E-state index contributed by atoms with van der Waals surface area (Å²) in [6.45, 7) is 11.4. The maximum atomic E-state index is 11.8. The molecule has 2 atom stereocenters. The van der Waals surface area contributed by atoms with Gasteiger partial charge in [0.25, 0.3) is 5.91 Å². The second-order valence-electron chi connectivity index (χ2n) is 4.98. The van der Waals surface area contributed by atoms with Gasteiger partial charge < -0.3 is 15.4 Å². The molecule has 20 heavy (non-hydrogen) atoms. The summed E-state index contributed by atoms with van der Waals surface area (Å²) in [4.78, 5) is 11.8. The molecular weight excluding hydrogens is 252 g/mol. The van der Waals surface area contributed by atoms with Crippen LogP contribution in [0.2, 0.25) is 0 Å². The monoisotopic (exact) mass is 278 g/mol. The van der Waals surface area contributed by atoms with Gasteiger partial charge in [0.05, 0.1) is 0 Å². The summed E-state index contributed by atoms with van der Waals surface area (Å²) in [5.41, 5.74) is 2.20. The van der Waals surface area contributed by atoms with E-state index in [-0.39, 0.29) is 11.9 Å². The molecule has 0 aromatic heterocycles. The number of benzene rings is 1. The van der Waals surface area contributed by atoms with Crippen LogP contribution < -0.4 is 15.4 Å². The van der Waals surface area contributed by atoms with E-state index in [4.69, 9.17) is 4.74 Å². The summed E-state index contributed by atoms with van der Waals surface area (Å²) in [5.74, 6) is 0.688. The van der Waals surface area contributed by atoms with Gasteiger partial charge in [-0.05, 0) is 45.9 Å². The van der Waals surface area contributed by atoms with Crippen molar-refractivity contribution in [3.63, 3.8) is 0 Å². The Hall–Kier alpha value is -1.55. The van der Waals surface area contributed by atoms with Gasteiger partial charge in [-0.1, -0.05) is 19.1 Å². The number of carbonyl (C=O) groups excluding carboxylic acids is 1. The van der Waals surface area contributed by atoms with Crippen LogP contribution in [0, 0.1) is 6.92 Å². The molecule has 2 N–H and O–H groups in total. The lowest BCUT2D eigenvalue weighted by Gasteiger charge is -2.21. The maximum absolute atomic E-state index is 11.8. The van der Waals surface area contributed by atoms with Crippen LogP contribution in [0.3, 0.4) is 0 Å². The first-order valence-electron chi connectivity index (χ1n) is 7.27. The van der Waals surface area contributed by atoms with Gasteiger partial charge in [-0.2, -0.15) is 0 Å². The molecule has 0 spiro atoms. The zero-order valence-electron chi connectivity index (χ0n) is 13.1. The Morgan fingerprint density at radius 3 is 2.55 bits per heavy atom. The average molecular weight is 278 g/mol. The van der Waals surface area contributed by atoms with E-state index in [0.717, 1.165) is 23.4 Å². The van der Waals surface area contributed by atoms with Gasteiger partial charge in [0.2, 0.25) is 0 Å². The van der Waals surface area contributed by atoms with Crippen LogP contribution in [0.4, 0.5) is 0 Å². The highest BCUT2D eigenvalue weighted by Gasteiger charge is 2.17. The second kappa shape index (κ2) is 7.90. The van der Waals surface area contributed by atoms with E-state index in [1.807, 2.05) is 19.9 Å². The fourth-order valence-corrected chi connectivity index (χ4v) is 2.08. The minimum atomic E-state index is -0.496. The minimum Gasteiger partial charge on any atom is -0.481 e. The van der Waals surface area contributed by atoms with Crippen LogP contribution in [0.15, 0.2) is 18.2 Å². The molecule has 0 aliphatic heterocycles. The van der Waals surface area contributed by atoms with Gasteiger partial charge in [0, 0.05) is 18.2 Å². The number of ether oxygens (including phenoxy) is 1. The van der Waals surface area contributed by atoms with E-state index >= 15 is 0 Å². The largest absolute Gasteiger partial charge is 0.481 e. The summed E-state index contributed by atoms with van der Waals surface area (Å²) in [7, 11) is 0. The molecule has 0 saturated carbocycles. The van der Waals surface area contributed by atoms with Crippen molar-refractivity contribution in [1.82, 2.24) is 10.6 Å². The highest BCUT2D eigenvalue weighted by Crippen LogP contribution is 2.27. The van der Waals surface area contributed by atoms with E-state index in [1.165, 1.54) is 0 Å². The fourth-order valence-electron chi connectivity index (χ4n) is 2.08. The van der Waals surface area contributed by atoms with Crippen molar-refractivity contribution in [2.75, 3.05) is 13.1 Å². The molecule has 0 heterocycles. The molecule has 0 saturated heterocycles. The molecule has 112 valence electrons. The second-order valence-corrected chi connectivity index (χ2v) is 4.98. The molecule has 2 unspecified atom stereocenters. The summed E-state index contributed by atoms with van der Waals surface area (Å²) < 4.78 is 5.86. The number of rotatable bonds is 7. The van der Waals surface area contributed by atoms with Crippen LogP contribution in [-0.4, -0.2) is 25.1 Å². The highest BCUT2D eigenvalue weighted by atomic mass is 16.5. The lowest BCUT2D eigenvalue weighted by Crippen LogP contribution is -2.36. The number of amides is 1. The predicted molar refractivity (Wildman–Crippen MR) is 82.0 cm³/mol. The van der Waals surface area contributed by atoms with Gasteiger partial charge in [-0.25, -0.2) is 0 Å². The molecule has 4 heteroatoms. The van der Waals surface area contributed by atoms with Crippen LogP contribution in [0.5, 0.6) is 5.75 Å². The molecule has 0 fully saturated rings. The van der Waals surface area contributed by atoms with Gasteiger partial charge in [-0.3, -0.25) is 4.79 Å². The number of hydrogen-bond donors (Lipinski definition) is 2. The molecule has 1 aromatic carbocycles. The first-order valence-corrected chi connectivity index (χ1v) is 7.27. The van der Waals surface area contributed by atoms with E-state index < -0.39 is 6.10 Å². The smallest absolute Gasteiger partial charge is 0.260 e. The van der Waals surface area contributed by atoms with E-state index in [0.29, 0.717) is 6.54 Å². The zero-order chi connectivity index (χ0) is 15.1. The summed E-state index contributed by atoms with van der Waals surface area (Å²) in [6.07, 6.45) is -0.496. The Labute approximate surface area is 121 Å². The summed E-state index contributed by atoms with van der Waals surface area (Å²) in [6, 6.07) is 6.30. The van der Waals surface area contributed by atoms with Crippen molar-refractivity contribution in [3.8, 4) is 5.75 Å². The van der Waals surface area contributed by atoms with Crippen LogP contribution in [0.25, 0.3) is 0 Å². The van der Waals surface area contributed by atoms with Gasteiger partial charge in [-0.15, -0.1) is 0 Å². The molecule has 0 bridgehead atoms. The molecule has 0 radical (unpaired) electrons. The molecular formula is C16H26N2O2. The molecule has 0 aliphatic rings. The Balaban J connectivity index is 2.92. The summed E-state index contributed by atoms with van der Waals surface area (Å²) >= 11 is 0. The Morgan fingerprint density at radius 2 is 1.95 bits per heavy atom. The highest BCUT2D eigenvalue weighted by molar-refractivity contribution is 5.80. The van der Waals surface area contributed by atoms with E-state index in [1.54, 1.807) is 6.92 Å². The first kappa shape index (κ1) is 16.5. The number of likely N-dealkylation sites (N-methyl/N-ethyl adjacent to an activating group) is 1. The number of nitrogens with one attached hydrogen (secondary N) is 2. The lowest BCUT2D eigenvalue weighted by molar-refractivity contribution is -0.127. The Kier molecular flexibility index (Phi) is 6.52. The quantitative estimate of drug-likeness (QED) is 0.806. The first-order chi connectivity index (χ1) is 9.49. The third kappa shape index (κ3) is 4.53. The van der Waals surface area contributed by atoms with Crippen molar-refractivity contribution in [2.24, 2.45) is 0 Å². The lowest BCUT2D eigenvalue weighted by atomic mass is 10.0. The van der Waals surface area contributed by atoms with E-state index in [2.05, 4.69) is 36.6 Å². The molecule has 1 amide bonds. The van der Waals surface area contributed by atoms with Crippen LogP contribution in [-0.2, 0) is 4.79 Å². The molecule has 1 rings (SSSR count). The van der Waals surface area contributed by atoms with Gasteiger partial charge in [0.15, 0.2) is 6.10 Å². The third-order valence-electron chi connectivity index (χ3n) is 3.17. The Bertz CT molecular complexity index is 446. The Morgan fingerprint density at radius 1 is 1.25 bits per heavy atom. The fraction of sp³-hybridized carbons (Fsp3) is 0.562. The zero-order valence-corrected chi connectivity index (χ0v) is 13.1. The van der Waals surface area contributed by atoms with Crippen molar-refractivity contribution in [1.29, 1.82) is 0 Å². The predicted octanol–water partition coefficient (Wildman–Crippen LogP) is 2.57. The van der Waals surface area contributed by atoms with E-state index in [9.17, 15) is 4.79 Å². The molecule has 4 nitrogen and oxygen atoms in total. The SMILES string of the molecule is CCNC(=O)C(C)Oc1cc(C)ccc1C(C)NCC. The third-order valence-corrected chi connectivity index (χ3v) is 3.17. The maximum Gasteiger partial charge on any atom is 0.260 e. The van der Waals surface area contributed by atoms with Gasteiger partial charge in [0.1, 0.15) is 5.75 Å². The normalized spacial score (nSPS) is 13.7. The number of carbonyl (C=O) groups is 1. The summed E-state index contributed by atoms with van der Waals surface area (Å²) in [5, 5.41) is 6.14. The minimum absolute atomic E-state index is 0.0870. The molecule has 0 aliphatic carbocycles. The number of aryl methyl sites for hydroxylation is 1.